The molecule has 0 aromatic carbocycles. The SMILES string of the molecule is CC(C)c1nsc(N2CC(N3CCSCC3)C2)n1. The van der Waals surface area contributed by atoms with Gasteiger partial charge in [-0.2, -0.15) is 16.1 Å². The van der Waals surface area contributed by atoms with Crippen LogP contribution in [0.1, 0.15) is 25.6 Å². The van der Waals surface area contributed by atoms with E-state index in [0.717, 1.165) is 30.1 Å². The van der Waals surface area contributed by atoms with Crippen molar-refractivity contribution in [1.29, 1.82) is 0 Å². The Hall–Kier alpha value is -0.330. The summed E-state index contributed by atoms with van der Waals surface area (Å²) in [5.41, 5.74) is 0. The monoisotopic (exact) mass is 284 g/mol. The predicted molar refractivity (Wildman–Crippen MR) is 78.9 cm³/mol. The van der Waals surface area contributed by atoms with Crippen molar-refractivity contribution in [3.05, 3.63) is 5.82 Å². The van der Waals surface area contributed by atoms with E-state index in [1.165, 1.54) is 24.6 Å². The minimum atomic E-state index is 0.436. The van der Waals surface area contributed by atoms with Gasteiger partial charge in [-0.05, 0) is 0 Å². The van der Waals surface area contributed by atoms with E-state index in [1.807, 2.05) is 0 Å². The van der Waals surface area contributed by atoms with Gasteiger partial charge in [-0.15, -0.1) is 0 Å². The molecule has 0 amide bonds. The molecule has 0 bridgehead atoms. The largest absolute Gasteiger partial charge is 0.344 e. The second kappa shape index (κ2) is 5.35. The van der Waals surface area contributed by atoms with Crippen molar-refractivity contribution in [3.8, 4) is 0 Å². The highest BCUT2D eigenvalue weighted by atomic mass is 32.2. The van der Waals surface area contributed by atoms with E-state index in [9.17, 15) is 0 Å². The lowest BCUT2D eigenvalue weighted by molar-refractivity contribution is 0.183. The first-order valence-corrected chi connectivity index (χ1v) is 8.57. The summed E-state index contributed by atoms with van der Waals surface area (Å²) < 4.78 is 4.43. The van der Waals surface area contributed by atoms with E-state index in [-0.39, 0.29) is 0 Å². The van der Waals surface area contributed by atoms with Crippen LogP contribution in [0.3, 0.4) is 0 Å². The normalized spacial score (nSPS) is 22.5. The van der Waals surface area contributed by atoms with Crippen LogP contribution >= 0.6 is 23.3 Å². The van der Waals surface area contributed by atoms with Crippen LogP contribution in [0.15, 0.2) is 0 Å². The van der Waals surface area contributed by atoms with Gasteiger partial charge in [-0.1, -0.05) is 13.8 Å². The zero-order chi connectivity index (χ0) is 12.5. The fourth-order valence-electron chi connectivity index (χ4n) is 2.37. The summed E-state index contributed by atoms with van der Waals surface area (Å²) in [7, 11) is 0. The molecule has 0 atom stereocenters. The summed E-state index contributed by atoms with van der Waals surface area (Å²) in [4.78, 5) is 9.63. The van der Waals surface area contributed by atoms with Crippen molar-refractivity contribution in [3.63, 3.8) is 0 Å². The molecule has 1 aromatic heterocycles. The Morgan fingerprint density at radius 2 is 1.94 bits per heavy atom. The third kappa shape index (κ3) is 2.51. The van der Waals surface area contributed by atoms with E-state index in [0.29, 0.717) is 5.92 Å². The standard InChI is InChI=1S/C12H20N4S2/c1-9(2)11-13-12(18-14-11)16-7-10(8-16)15-3-5-17-6-4-15/h9-10H,3-8H2,1-2H3. The molecule has 1 aromatic rings. The van der Waals surface area contributed by atoms with E-state index < -0.39 is 0 Å². The fourth-order valence-corrected chi connectivity index (χ4v) is 4.13. The molecule has 2 fully saturated rings. The third-order valence-corrected chi connectivity index (χ3v) is 5.38. The number of nitrogens with zero attached hydrogens (tertiary/aromatic N) is 4. The van der Waals surface area contributed by atoms with Gasteiger partial charge in [0, 0.05) is 61.2 Å². The van der Waals surface area contributed by atoms with Crippen LogP contribution in [-0.4, -0.2) is 58.0 Å². The summed E-state index contributed by atoms with van der Waals surface area (Å²) in [5.74, 6) is 4.03. The first-order chi connectivity index (χ1) is 8.74. The molecule has 0 N–H and O–H groups in total. The molecule has 3 rings (SSSR count). The van der Waals surface area contributed by atoms with Gasteiger partial charge in [0.2, 0.25) is 5.13 Å². The first kappa shape index (κ1) is 12.7. The molecule has 0 unspecified atom stereocenters. The number of thioether (sulfide) groups is 1. The molecule has 0 saturated carbocycles. The number of hydrogen-bond acceptors (Lipinski definition) is 6. The van der Waals surface area contributed by atoms with Crippen molar-refractivity contribution < 1.29 is 0 Å². The van der Waals surface area contributed by atoms with Gasteiger partial charge in [0.1, 0.15) is 5.82 Å². The highest BCUT2D eigenvalue weighted by Gasteiger charge is 2.34. The molecule has 100 valence electrons. The average Bonchev–Trinajstić information content (AvgIpc) is 2.78. The zero-order valence-corrected chi connectivity index (χ0v) is 12.6. The van der Waals surface area contributed by atoms with Crippen LogP contribution in [0.25, 0.3) is 0 Å². The lowest BCUT2D eigenvalue weighted by Gasteiger charge is -2.46. The van der Waals surface area contributed by atoms with Gasteiger partial charge < -0.3 is 4.90 Å². The van der Waals surface area contributed by atoms with Gasteiger partial charge in [0.25, 0.3) is 0 Å². The summed E-state index contributed by atoms with van der Waals surface area (Å²) in [6.45, 7) is 9.09. The quantitative estimate of drug-likeness (QED) is 0.846. The van der Waals surface area contributed by atoms with Gasteiger partial charge in [-0.3, -0.25) is 4.90 Å². The topological polar surface area (TPSA) is 32.3 Å². The molecule has 0 aliphatic carbocycles. The van der Waals surface area contributed by atoms with Crippen LogP contribution in [0.5, 0.6) is 0 Å². The smallest absolute Gasteiger partial charge is 0.205 e. The molecule has 18 heavy (non-hydrogen) atoms. The highest BCUT2D eigenvalue weighted by Crippen LogP contribution is 2.28. The summed E-state index contributed by atoms with van der Waals surface area (Å²) in [5, 5.41) is 1.11. The lowest BCUT2D eigenvalue weighted by atomic mass is 10.1. The molecule has 0 spiro atoms. The molecular formula is C12H20N4S2. The Morgan fingerprint density at radius 1 is 1.22 bits per heavy atom. The minimum Gasteiger partial charge on any atom is -0.344 e. The molecule has 2 aliphatic rings. The molecule has 2 saturated heterocycles. The molecule has 4 nitrogen and oxygen atoms in total. The van der Waals surface area contributed by atoms with Gasteiger partial charge in [0.15, 0.2) is 0 Å². The van der Waals surface area contributed by atoms with E-state index in [1.54, 1.807) is 11.5 Å². The second-order valence-electron chi connectivity index (χ2n) is 5.30. The van der Waals surface area contributed by atoms with Crippen molar-refractivity contribution in [2.75, 3.05) is 42.6 Å². The molecular weight excluding hydrogens is 264 g/mol. The molecule has 2 aliphatic heterocycles. The Kier molecular flexibility index (Phi) is 3.77. The molecule has 6 heteroatoms. The second-order valence-corrected chi connectivity index (χ2v) is 7.25. The number of rotatable bonds is 3. The molecule has 3 heterocycles. The number of aromatic nitrogens is 2. The summed E-state index contributed by atoms with van der Waals surface area (Å²) in [6.07, 6.45) is 0. The molecule has 0 radical (unpaired) electrons. The van der Waals surface area contributed by atoms with Gasteiger partial charge >= 0.3 is 0 Å². The van der Waals surface area contributed by atoms with Crippen molar-refractivity contribution in [1.82, 2.24) is 14.3 Å². The predicted octanol–water partition coefficient (Wildman–Crippen LogP) is 1.90. The summed E-state index contributed by atoms with van der Waals surface area (Å²) >= 11 is 3.63. The third-order valence-electron chi connectivity index (χ3n) is 3.64. The maximum atomic E-state index is 4.62. The first-order valence-electron chi connectivity index (χ1n) is 6.64. The van der Waals surface area contributed by atoms with E-state index in [4.69, 9.17) is 0 Å². The lowest BCUT2D eigenvalue weighted by Crippen LogP contribution is -2.61. The van der Waals surface area contributed by atoms with Crippen molar-refractivity contribution in [2.24, 2.45) is 0 Å². The minimum absolute atomic E-state index is 0.436. The van der Waals surface area contributed by atoms with Crippen LogP contribution in [0.4, 0.5) is 5.13 Å². The van der Waals surface area contributed by atoms with Crippen LogP contribution < -0.4 is 4.90 Å². The zero-order valence-electron chi connectivity index (χ0n) is 11.0. The Balaban J connectivity index is 1.54. The number of hydrogen-bond donors (Lipinski definition) is 0. The van der Waals surface area contributed by atoms with Crippen LogP contribution in [-0.2, 0) is 0 Å². The Labute approximate surface area is 117 Å². The maximum Gasteiger partial charge on any atom is 0.205 e. The maximum absolute atomic E-state index is 4.62. The Bertz CT molecular complexity index is 395. The Morgan fingerprint density at radius 3 is 2.56 bits per heavy atom. The average molecular weight is 284 g/mol. The van der Waals surface area contributed by atoms with Crippen LogP contribution in [0, 0.1) is 0 Å². The van der Waals surface area contributed by atoms with Crippen molar-refractivity contribution in [2.45, 2.75) is 25.8 Å². The van der Waals surface area contributed by atoms with E-state index in [2.05, 4.69) is 44.8 Å². The summed E-state index contributed by atoms with van der Waals surface area (Å²) in [6, 6.07) is 0.747. The number of anilines is 1. The van der Waals surface area contributed by atoms with Crippen molar-refractivity contribution >= 4 is 28.4 Å². The van der Waals surface area contributed by atoms with Gasteiger partial charge in [-0.25, -0.2) is 4.98 Å². The fraction of sp³-hybridized carbons (Fsp3) is 0.833. The van der Waals surface area contributed by atoms with Crippen LogP contribution in [0.2, 0.25) is 0 Å². The highest BCUT2D eigenvalue weighted by molar-refractivity contribution is 7.99. The van der Waals surface area contributed by atoms with Gasteiger partial charge in [0.05, 0.1) is 0 Å². The van der Waals surface area contributed by atoms with E-state index >= 15 is 0 Å².